The van der Waals surface area contributed by atoms with Crippen LogP contribution >= 0.6 is 0 Å². The molecular formula is C12H18F2N2O2S. The number of anilines is 1. The van der Waals surface area contributed by atoms with Crippen LogP contribution in [0.25, 0.3) is 0 Å². The van der Waals surface area contributed by atoms with Gasteiger partial charge in [-0.15, -0.1) is 0 Å². The van der Waals surface area contributed by atoms with Crippen molar-refractivity contribution in [1.29, 1.82) is 0 Å². The fraction of sp³-hybridized carbons (Fsp3) is 0.500. The Hall–Kier alpha value is -1.21. The molecule has 0 fully saturated rings. The van der Waals surface area contributed by atoms with Crippen LogP contribution in [-0.2, 0) is 10.0 Å². The van der Waals surface area contributed by atoms with Crippen molar-refractivity contribution in [3.63, 3.8) is 0 Å². The normalized spacial score (nSPS) is 12.7. The van der Waals surface area contributed by atoms with Crippen LogP contribution in [0.4, 0.5) is 14.5 Å². The van der Waals surface area contributed by atoms with E-state index in [0.717, 1.165) is 18.6 Å². The van der Waals surface area contributed by atoms with Gasteiger partial charge in [0.15, 0.2) is 5.82 Å². The average molecular weight is 292 g/mol. The van der Waals surface area contributed by atoms with Gasteiger partial charge in [0.25, 0.3) is 0 Å². The van der Waals surface area contributed by atoms with Gasteiger partial charge in [-0.3, -0.25) is 0 Å². The summed E-state index contributed by atoms with van der Waals surface area (Å²) in [4.78, 5) is -0.643. The summed E-state index contributed by atoms with van der Waals surface area (Å²) in [5.41, 5.74) is 3.65. The molecule has 0 aromatic heterocycles. The Morgan fingerprint density at radius 2 is 1.89 bits per heavy atom. The Morgan fingerprint density at radius 3 is 2.42 bits per heavy atom. The van der Waals surface area contributed by atoms with Crippen LogP contribution < -0.4 is 10.5 Å². The maximum absolute atomic E-state index is 13.7. The van der Waals surface area contributed by atoms with Crippen LogP contribution in [0.1, 0.15) is 33.6 Å². The summed E-state index contributed by atoms with van der Waals surface area (Å²) in [6, 6.07) is 1.70. The monoisotopic (exact) mass is 292 g/mol. The Kier molecular flexibility index (Phi) is 4.52. The standard InChI is InChI=1S/C12H18F2N2O2S/c1-4-7-12(2,3)16-19(17,18)9-6-5-8(13)11(15)10(9)14/h5-6,16H,4,7,15H2,1-3H3. The Labute approximate surface area is 112 Å². The zero-order chi connectivity index (χ0) is 14.8. The van der Waals surface area contributed by atoms with E-state index in [1.54, 1.807) is 13.8 Å². The Balaban J connectivity index is 3.19. The van der Waals surface area contributed by atoms with Gasteiger partial charge in [0.05, 0.1) is 0 Å². The molecule has 0 heterocycles. The van der Waals surface area contributed by atoms with Crippen molar-refractivity contribution in [2.45, 2.75) is 44.0 Å². The average Bonchev–Trinajstić information content (AvgIpc) is 2.23. The van der Waals surface area contributed by atoms with Gasteiger partial charge in [0, 0.05) is 5.54 Å². The minimum absolute atomic E-state index is 0.588. The van der Waals surface area contributed by atoms with E-state index < -0.39 is 37.8 Å². The van der Waals surface area contributed by atoms with Crippen molar-refractivity contribution in [1.82, 2.24) is 4.72 Å². The smallest absolute Gasteiger partial charge is 0.244 e. The lowest BCUT2D eigenvalue weighted by Crippen LogP contribution is -2.43. The molecule has 0 aliphatic carbocycles. The van der Waals surface area contributed by atoms with E-state index in [0.29, 0.717) is 6.42 Å². The number of halogens is 2. The molecule has 0 spiro atoms. The summed E-state index contributed by atoms with van der Waals surface area (Å²) in [6.45, 7) is 5.30. The van der Waals surface area contributed by atoms with Gasteiger partial charge in [-0.25, -0.2) is 21.9 Å². The van der Waals surface area contributed by atoms with Crippen molar-refractivity contribution < 1.29 is 17.2 Å². The van der Waals surface area contributed by atoms with Crippen molar-refractivity contribution in [3.8, 4) is 0 Å². The zero-order valence-corrected chi connectivity index (χ0v) is 11.9. The second kappa shape index (κ2) is 5.42. The first kappa shape index (κ1) is 15.8. The Bertz CT molecular complexity index is 571. The third-order valence-electron chi connectivity index (χ3n) is 2.67. The van der Waals surface area contributed by atoms with E-state index >= 15 is 0 Å². The molecule has 0 aliphatic rings. The van der Waals surface area contributed by atoms with E-state index in [2.05, 4.69) is 4.72 Å². The maximum atomic E-state index is 13.7. The number of nitrogens with one attached hydrogen (secondary N) is 1. The van der Waals surface area contributed by atoms with Crippen LogP contribution in [0.15, 0.2) is 17.0 Å². The van der Waals surface area contributed by atoms with Gasteiger partial charge in [-0.2, -0.15) is 0 Å². The summed E-state index contributed by atoms with van der Waals surface area (Å²) >= 11 is 0. The molecule has 19 heavy (non-hydrogen) atoms. The molecule has 1 rings (SSSR count). The highest BCUT2D eigenvalue weighted by Gasteiger charge is 2.29. The second-order valence-corrected chi connectivity index (χ2v) is 6.66. The van der Waals surface area contributed by atoms with Crippen LogP contribution in [0.2, 0.25) is 0 Å². The fourth-order valence-corrected chi connectivity index (χ4v) is 3.38. The zero-order valence-electron chi connectivity index (χ0n) is 11.1. The van der Waals surface area contributed by atoms with Crippen LogP contribution in [0.3, 0.4) is 0 Å². The first-order chi connectivity index (χ1) is 8.60. The highest BCUT2D eigenvalue weighted by molar-refractivity contribution is 7.89. The quantitative estimate of drug-likeness (QED) is 0.819. The number of hydrogen-bond acceptors (Lipinski definition) is 3. The minimum atomic E-state index is -4.08. The highest BCUT2D eigenvalue weighted by Crippen LogP contribution is 2.24. The summed E-state index contributed by atoms with van der Waals surface area (Å²) < 4.78 is 53.3. The van der Waals surface area contributed by atoms with E-state index in [1.165, 1.54) is 0 Å². The highest BCUT2D eigenvalue weighted by atomic mass is 32.2. The van der Waals surface area contributed by atoms with Gasteiger partial charge in [0.2, 0.25) is 10.0 Å². The molecule has 0 aliphatic heterocycles. The predicted octanol–water partition coefficient (Wildman–Crippen LogP) is 2.40. The fourth-order valence-electron chi connectivity index (χ4n) is 1.85. The topological polar surface area (TPSA) is 72.2 Å². The van der Waals surface area contributed by atoms with Crippen molar-refractivity contribution in [3.05, 3.63) is 23.8 Å². The molecule has 0 radical (unpaired) electrons. The molecule has 1 aromatic carbocycles. The molecule has 0 amide bonds. The lowest BCUT2D eigenvalue weighted by Gasteiger charge is -2.25. The number of benzene rings is 1. The number of nitrogens with two attached hydrogens (primary N) is 1. The van der Waals surface area contributed by atoms with E-state index in [1.807, 2.05) is 6.92 Å². The van der Waals surface area contributed by atoms with Crippen molar-refractivity contribution >= 4 is 15.7 Å². The van der Waals surface area contributed by atoms with Crippen molar-refractivity contribution in [2.75, 3.05) is 5.73 Å². The van der Waals surface area contributed by atoms with Gasteiger partial charge in [-0.1, -0.05) is 13.3 Å². The van der Waals surface area contributed by atoms with Crippen LogP contribution in [0, 0.1) is 11.6 Å². The number of hydrogen-bond donors (Lipinski definition) is 2. The Morgan fingerprint density at radius 1 is 1.32 bits per heavy atom. The van der Waals surface area contributed by atoms with Crippen LogP contribution in [-0.4, -0.2) is 14.0 Å². The molecule has 7 heteroatoms. The molecular weight excluding hydrogens is 274 g/mol. The van der Waals surface area contributed by atoms with Gasteiger partial charge >= 0.3 is 0 Å². The number of rotatable bonds is 5. The molecule has 4 nitrogen and oxygen atoms in total. The third-order valence-corrected chi connectivity index (χ3v) is 4.38. The molecule has 0 atom stereocenters. The van der Waals surface area contributed by atoms with Gasteiger partial charge in [0.1, 0.15) is 16.4 Å². The minimum Gasteiger partial charge on any atom is -0.394 e. The molecule has 108 valence electrons. The van der Waals surface area contributed by atoms with Crippen molar-refractivity contribution in [2.24, 2.45) is 0 Å². The maximum Gasteiger partial charge on any atom is 0.244 e. The molecule has 3 N–H and O–H groups in total. The second-order valence-electron chi connectivity index (χ2n) is 5.01. The molecule has 0 saturated carbocycles. The summed E-state index contributed by atoms with van der Waals surface area (Å²) in [5, 5.41) is 0. The molecule has 0 bridgehead atoms. The molecule has 1 aromatic rings. The molecule has 0 unspecified atom stereocenters. The summed E-state index contributed by atoms with van der Waals surface area (Å²) in [5.74, 6) is -2.25. The van der Waals surface area contributed by atoms with E-state index in [-0.39, 0.29) is 0 Å². The predicted molar refractivity (Wildman–Crippen MR) is 70.1 cm³/mol. The van der Waals surface area contributed by atoms with Gasteiger partial charge < -0.3 is 5.73 Å². The number of nitrogen functional groups attached to an aromatic ring is 1. The lowest BCUT2D eigenvalue weighted by atomic mass is 10.0. The third kappa shape index (κ3) is 3.63. The van der Waals surface area contributed by atoms with Gasteiger partial charge in [-0.05, 0) is 32.4 Å². The van der Waals surface area contributed by atoms with E-state index in [4.69, 9.17) is 5.73 Å². The lowest BCUT2D eigenvalue weighted by molar-refractivity contribution is 0.416. The number of sulfonamides is 1. The van der Waals surface area contributed by atoms with Crippen LogP contribution in [0.5, 0.6) is 0 Å². The SMILES string of the molecule is CCCC(C)(C)NS(=O)(=O)c1ccc(F)c(N)c1F. The van der Waals surface area contributed by atoms with E-state index in [9.17, 15) is 17.2 Å². The summed E-state index contributed by atoms with van der Waals surface area (Å²) in [6.07, 6.45) is 1.36. The first-order valence-electron chi connectivity index (χ1n) is 5.88. The summed E-state index contributed by atoms with van der Waals surface area (Å²) in [7, 11) is -4.08. The molecule has 0 saturated heterocycles. The first-order valence-corrected chi connectivity index (χ1v) is 7.36. The largest absolute Gasteiger partial charge is 0.394 e.